The molecular weight excluding hydrogens is 222 g/mol. The number of thiol groups is 1. The molecule has 0 aliphatic carbocycles. The van der Waals surface area contributed by atoms with Crippen molar-refractivity contribution < 1.29 is 0 Å². The van der Waals surface area contributed by atoms with Crippen LogP contribution in [0.15, 0.2) is 63.2 Å². The number of hydrogen-bond acceptors (Lipinski definition) is 3. The molecule has 0 spiro atoms. The molecule has 2 N–H and O–H groups in total. The van der Waals surface area contributed by atoms with Gasteiger partial charge in [0.1, 0.15) is 0 Å². The molecule has 2 rings (SSSR count). The molecule has 0 saturated heterocycles. The number of benzene rings is 2. The molecule has 0 bridgehead atoms. The van der Waals surface area contributed by atoms with Crippen LogP contribution in [0.5, 0.6) is 0 Å². The molecule has 0 aliphatic heterocycles. The molecule has 15 heavy (non-hydrogen) atoms. The molecule has 3 heteroatoms. The van der Waals surface area contributed by atoms with Crippen molar-refractivity contribution in [2.45, 2.75) is 14.7 Å². The van der Waals surface area contributed by atoms with E-state index in [1.807, 2.05) is 36.4 Å². The summed E-state index contributed by atoms with van der Waals surface area (Å²) in [6.07, 6.45) is 0. The van der Waals surface area contributed by atoms with E-state index in [9.17, 15) is 0 Å². The van der Waals surface area contributed by atoms with Crippen molar-refractivity contribution in [1.82, 2.24) is 0 Å². The summed E-state index contributed by atoms with van der Waals surface area (Å²) in [5.74, 6) is 0. The first kappa shape index (κ1) is 10.5. The molecule has 2 aromatic rings. The third-order valence-electron chi connectivity index (χ3n) is 2.01. The molecule has 0 amide bonds. The molecule has 0 unspecified atom stereocenters. The van der Waals surface area contributed by atoms with Crippen molar-refractivity contribution in [2.24, 2.45) is 0 Å². The van der Waals surface area contributed by atoms with Gasteiger partial charge in [-0.15, -0.1) is 12.6 Å². The topological polar surface area (TPSA) is 26.0 Å². The lowest BCUT2D eigenvalue weighted by Gasteiger charge is -2.06. The Bertz CT molecular complexity index is 454. The Labute approximate surface area is 99.1 Å². The number of nitrogen functional groups attached to an aromatic ring is 1. The average molecular weight is 233 g/mol. The summed E-state index contributed by atoms with van der Waals surface area (Å²) in [6.45, 7) is 0. The number of nitrogens with two attached hydrogens (primary N) is 1. The highest BCUT2D eigenvalue weighted by atomic mass is 32.2. The van der Waals surface area contributed by atoms with E-state index in [0.717, 1.165) is 15.5 Å². The van der Waals surface area contributed by atoms with Gasteiger partial charge in [-0.3, -0.25) is 0 Å². The normalized spacial score (nSPS) is 10.2. The van der Waals surface area contributed by atoms with Gasteiger partial charge in [0.25, 0.3) is 0 Å². The molecular formula is C12H11NS2. The van der Waals surface area contributed by atoms with Gasteiger partial charge in [-0.1, -0.05) is 36.0 Å². The lowest BCUT2D eigenvalue weighted by Crippen LogP contribution is -1.89. The van der Waals surface area contributed by atoms with Crippen LogP contribution in [0.2, 0.25) is 0 Å². The molecule has 0 aromatic heterocycles. The summed E-state index contributed by atoms with van der Waals surface area (Å²) in [7, 11) is 0. The zero-order valence-corrected chi connectivity index (χ0v) is 9.76. The Morgan fingerprint density at radius 1 is 0.933 bits per heavy atom. The molecule has 0 fully saturated rings. The molecule has 2 aromatic carbocycles. The highest BCUT2D eigenvalue weighted by molar-refractivity contribution is 7.99. The van der Waals surface area contributed by atoms with Gasteiger partial charge in [0, 0.05) is 14.7 Å². The minimum Gasteiger partial charge on any atom is -0.397 e. The first-order chi connectivity index (χ1) is 7.27. The zero-order valence-electron chi connectivity index (χ0n) is 8.05. The van der Waals surface area contributed by atoms with Gasteiger partial charge in [-0.05, 0) is 24.3 Å². The summed E-state index contributed by atoms with van der Waals surface area (Å²) in [4.78, 5) is 3.06. The van der Waals surface area contributed by atoms with E-state index in [2.05, 4.69) is 24.8 Å². The maximum atomic E-state index is 5.93. The maximum absolute atomic E-state index is 5.93. The van der Waals surface area contributed by atoms with E-state index in [1.165, 1.54) is 4.90 Å². The predicted octanol–water partition coefficient (Wildman–Crippen LogP) is 3.71. The second-order valence-electron chi connectivity index (χ2n) is 3.10. The third kappa shape index (κ3) is 2.49. The van der Waals surface area contributed by atoms with Crippen LogP contribution in [-0.4, -0.2) is 0 Å². The second-order valence-corrected chi connectivity index (χ2v) is 4.70. The Kier molecular flexibility index (Phi) is 3.23. The standard InChI is InChI=1S/C12H11NS2/c13-12-10(14)7-4-8-11(12)15-9-5-2-1-3-6-9/h1-8,14H,13H2. The minimum absolute atomic E-state index is 0.745. The van der Waals surface area contributed by atoms with Gasteiger partial charge in [0.2, 0.25) is 0 Å². The quantitative estimate of drug-likeness (QED) is 0.611. The van der Waals surface area contributed by atoms with Crippen LogP contribution < -0.4 is 5.73 Å². The Morgan fingerprint density at radius 2 is 1.67 bits per heavy atom. The summed E-state index contributed by atoms with van der Waals surface area (Å²) >= 11 is 5.95. The van der Waals surface area contributed by atoms with Crippen molar-refractivity contribution in [3.05, 3.63) is 48.5 Å². The van der Waals surface area contributed by atoms with E-state index < -0.39 is 0 Å². The number of hydrogen-bond donors (Lipinski definition) is 2. The highest BCUT2D eigenvalue weighted by Crippen LogP contribution is 2.34. The van der Waals surface area contributed by atoms with Gasteiger partial charge >= 0.3 is 0 Å². The van der Waals surface area contributed by atoms with Crippen molar-refractivity contribution in [1.29, 1.82) is 0 Å². The maximum Gasteiger partial charge on any atom is 0.0591 e. The lowest BCUT2D eigenvalue weighted by molar-refractivity contribution is 1.33. The van der Waals surface area contributed by atoms with Crippen molar-refractivity contribution in [2.75, 3.05) is 5.73 Å². The van der Waals surface area contributed by atoms with Gasteiger partial charge in [-0.25, -0.2) is 0 Å². The van der Waals surface area contributed by atoms with E-state index in [0.29, 0.717) is 0 Å². The van der Waals surface area contributed by atoms with Gasteiger partial charge in [-0.2, -0.15) is 0 Å². The summed E-state index contributed by atoms with van der Waals surface area (Å²) in [5, 5.41) is 0. The zero-order chi connectivity index (χ0) is 10.7. The first-order valence-electron chi connectivity index (χ1n) is 4.58. The predicted molar refractivity (Wildman–Crippen MR) is 68.7 cm³/mol. The third-order valence-corrected chi connectivity index (χ3v) is 3.49. The van der Waals surface area contributed by atoms with Crippen molar-refractivity contribution in [3.8, 4) is 0 Å². The van der Waals surface area contributed by atoms with E-state index in [4.69, 9.17) is 5.73 Å². The Hall–Kier alpha value is -1.06. The van der Waals surface area contributed by atoms with E-state index in [1.54, 1.807) is 11.8 Å². The molecule has 0 heterocycles. The SMILES string of the molecule is Nc1c(S)cccc1Sc1ccccc1. The smallest absolute Gasteiger partial charge is 0.0591 e. The van der Waals surface area contributed by atoms with Crippen molar-refractivity contribution in [3.63, 3.8) is 0 Å². The summed E-state index contributed by atoms with van der Waals surface area (Å²) in [5.41, 5.74) is 6.68. The first-order valence-corrected chi connectivity index (χ1v) is 5.84. The summed E-state index contributed by atoms with van der Waals surface area (Å²) < 4.78 is 0. The Balaban J connectivity index is 2.29. The van der Waals surface area contributed by atoms with Crippen LogP contribution >= 0.6 is 24.4 Å². The molecule has 0 atom stereocenters. The second kappa shape index (κ2) is 4.64. The van der Waals surface area contributed by atoms with Crippen LogP contribution in [0, 0.1) is 0 Å². The van der Waals surface area contributed by atoms with Gasteiger partial charge in [0.15, 0.2) is 0 Å². The molecule has 0 aliphatic rings. The van der Waals surface area contributed by atoms with Crippen LogP contribution in [0.3, 0.4) is 0 Å². The highest BCUT2D eigenvalue weighted by Gasteiger charge is 2.03. The van der Waals surface area contributed by atoms with E-state index in [-0.39, 0.29) is 0 Å². The number of anilines is 1. The van der Waals surface area contributed by atoms with Crippen molar-refractivity contribution >= 4 is 30.1 Å². The van der Waals surface area contributed by atoms with E-state index >= 15 is 0 Å². The summed E-state index contributed by atoms with van der Waals surface area (Å²) in [6, 6.07) is 16.0. The number of para-hydroxylation sites is 1. The fourth-order valence-electron chi connectivity index (χ4n) is 1.24. The van der Waals surface area contributed by atoms with Gasteiger partial charge < -0.3 is 5.73 Å². The van der Waals surface area contributed by atoms with Crippen LogP contribution in [0.25, 0.3) is 0 Å². The van der Waals surface area contributed by atoms with Gasteiger partial charge in [0.05, 0.1) is 5.69 Å². The average Bonchev–Trinajstić information content (AvgIpc) is 2.26. The monoisotopic (exact) mass is 233 g/mol. The fraction of sp³-hybridized carbons (Fsp3) is 0. The molecule has 76 valence electrons. The Morgan fingerprint density at radius 3 is 2.40 bits per heavy atom. The largest absolute Gasteiger partial charge is 0.397 e. The van der Waals surface area contributed by atoms with Crippen LogP contribution in [0.1, 0.15) is 0 Å². The van der Waals surface area contributed by atoms with Crippen LogP contribution in [0.4, 0.5) is 5.69 Å². The number of rotatable bonds is 2. The molecule has 0 saturated carbocycles. The minimum atomic E-state index is 0.745. The van der Waals surface area contributed by atoms with Crippen LogP contribution in [-0.2, 0) is 0 Å². The lowest BCUT2D eigenvalue weighted by atomic mass is 10.3. The molecule has 0 radical (unpaired) electrons. The fourth-order valence-corrected chi connectivity index (χ4v) is 2.43. The molecule has 1 nitrogen and oxygen atoms in total.